The lowest BCUT2D eigenvalue weighted by Gasteiger charge is -2.12. The molecule has 3 aromatic carbocycles. The van der Waals surface area contributed by atoms with Crippen molar-refractivity contribution in [1.82, 2.24) is 19.9 Å². The van der Waals surface area contributed by atoms with Crippen molar-refractivity contribution in [2.75, 3.05) is 0 Å². The van der Waals surface area contributed by atoms with Gasteiger partial charge in [-0.05, 0) is 43.2 Å². The van der Waals surface area contributed by atoms with E-state index in [0.29, 0.717) is 0 Å². The zero-order valence-corrected chi connectivity index (χ0v) is 27.9. The lowest BCUT2D eigenvalue weighted by atomic mass is 9.98. The summed E-state index contributed by atoms with van der Waals surface area (Å²) in [5.74, 6) is -37.0. The number of nitrogens with one attached hydrogen (secondary N) is 3. The Morgan fingerprint density at radius 3 is 1.26 bits per heavy atom. The molecule has 0 radical (unpaired) electrons. The van der Waals surface area contributed by atoms with Gasteiger partial charge in [-0.2, -0.15) is 0 Å². The van der Waals surface area contributed by atoms with Crippen molar-refractivity contribution >= 4 is 40.5 Å². The van der Waals surface area contributed by atoms with Gasteiger partial charge in [-0.3, -0.25) is 4.79 Å². The van der Waals surface area contributed by atoms with Crippen LogP contribution in [0.15, 0.2) is 18.2 Å². The quantitative estimate of drug-likeness (QED) is 0.0715. The molecule has 20 heteroatoms. The summed E-state index contributed by atoms with van der Waals surface area (Å²) in [6.07, 6.45) is 0.472. The van der Waals surface area contributed by atoms with Crippen molar-refractivity contribution in [2.45, 2.75) is 12.8 Å². The van der Waals surface area contributed by atoms with Crippen LogP contribution < -0.4 is 0 Å². The standard InChI is InChI=1S/C38H13F15N4O/c39-23-20(24(40)30(46)35(51)29(23)45)17-11-2-1-10(54-11)16-7-9(8-58)38(57-16)19(22-27(43)33(49)37(53)34(50)28(22)44)15-6-5-14(56-15)18(13-4-3-12(17)55-13)21-25(41)31(47)36(52)32(48)26(21)42/h1-2,5-8,54-55,57H,3-4H2. The molecule has 296 valence electrons. The van der Waals surface area contributed by atoms with Gasteiger partial charge in [0.1, 0.15) is 0 Å². The Morgan fingerprint density at radius 2 is 0.793 bits per heavy atom. The van der Waals surface area contributed by atoms with Crippen LogP contribution in [0.1, 0.15) is 33.1 Å². The molecule has 0 fully saturated rings. The monoisotopic (exact) mass is 826 g/mol. The molecule has 5 heterocycles. The average Bonchev–Trinajstić information content (AvgIpc) is 4.05. The van der Waals surface area contributed by atoms with E-state index >= 15 is 26.3 Å². The highest BCUT2D eigenvalue weighted by Crippen LogP contribution is 2.43. The number of carbonyl (C=O) groups is 1. The molecule has 8 rings (SSSR count). The minimum absolute atomic E-state index is 0.0484. The molecule has 3 N–H and O–H groups in total. The van der Waals surface area contributed by atoms with Crippen LogP contribution in [0, 0.1) is 87.3 Å². The summed E-state index contributed by atoms with van der Waals surface area (Å²) in [5.41, 5.74) is -12.7. The van der Waals surface area contributed by atoms with E-state index in [1.165, 1.54) is 0 Å². The van der Waals surface area contributed by atoms with Crippen LogP contribution in [0.3, 0.4) is 0 Å². The number of hydrogen-bond donors (Lipinski definition) is 3. The molecule has 3 aromatic heterocycles. The van der Waals surface area contributed by atoms with Crippen LogP contribution in [-0.2, 0) is 12.8 Å². The maximum atomic E-state index is 15.6. The number of benzene rings is 3. The first-order valence-electron chi connectivity index (χ1n) is 16.2. The summed E-state index contributed by atoms with van der Waals surface area (Å²) in [6.45, 7) is 0. The largest absolute Gasteiger partial charge is 0.361 e. The van der Waals surface area contributed by atoms with E-state index in [9.17, 15) is 44.3 Å². The number of H-pyrrole nitrogens is 3. The molecule has 5 nitrogen and oxygen atoms in total. The maximum absolute atomic E-state index is 15.6. The highest BCUT2D eigenvalue weighted by Gasteiger charge is 2.34. The summed E-state index contributed by atoms with van der Waals surface area (Å²) < 4.78 is 225. The lowest BCUT2D eigenvalue weighted by Crippen LogP contribution is -2.06. The van der Waals surface area contributed by atoms with Crippen molar-refractivity contribution in [1.29, 1.82) is 0 Å². The number of nitrogens with zero attached hydrogens (tertiary/aromatic N) is 1. The van der Waals surface area contributed by atoms with Gasteiger partial charge in [0.15, 0.2) is 76.1 Å². The number of aromatic amines is 3. The van der Waals surface area contributed by atoms with Crippen LogP contribution in [0.5, 0.6) is 0 Å². The second-order valence-electron chi connectivity index (χ2n) is 12.7. The number of halogens is 15. The summed E-state index contributed by atoms with van der Waals surface area (Å²) in [4.78, 5) is 24.1. The van der Waals surface area contributed by atoms with Gasteiger partial charge in [0.05, 0.1) is 44.6 Å². The molecule has 58 heavy (non-hydrogen) atoms. The third-order valence-electron chi connectivity index (χ3n) is 9.53. The van der Waals surface area contributed by atoms with E-state index in [1.54, 1.807) is 0 Å². The topological polar surface area (TPSA) is 77.3 Å². The average molecular weight is 827 g/mol. The van der Waals surface area contributed by atoms with E-state index in [1.807, 2.05) is 0 Å². The van der Waals surface area contributed by atoms with Crippen LogP contribution in [0.2, 0.25) is 0 Å². The predicted octanol–water partition coefficient (Wildman–Crippen LogP) is 11.1. The number of aldehydes is 1. The van der Waals surface area contributed by atoms with E-state index < -0.39 is 173 Å². The number of rotatable bonds is 4. The number of hydrogen-bond acceptors (Lipinski definition) is 2. The Bertz CT molecular complexity index is 2960. The van der Waals surface area contributed by atoms with Crippen LogP contribution in [0.4, 0.5) is 65.9 Å². The Morgan fingerprint density at radius 1 is 0.414 bits per heavy atom. The maximum Gasteiger partial charge on any atom is 0.200 e. The molecule has 2 aliphatic rings. The highest BCUT2D eigenvalue weighted by molar-refractivity contribution is 6.03. The second kappa shape index (κ2) is 13.4. The SMILES string of the molecule is O=Cc1cc2[nH]c1c(-c1c(F)c(F)c(F)c(F)c1F)c1nc(c(-c3c(F)c(F)c(F)c(F)c3F)c3[nH]c(c(-c4c(F)c(F)c(F)c(F)c4F)c4ccc2[nH]4)CC3)C=C1. The van der Waals surface area contributed by atoms with E-state index in [4.69, 9.17) is 0 Å². The van der Waals surface area contributed by atoms with Crippen molar-refractivity contribution in [3.63, 3.8) is 0 Å². The summed E-state index contributed by atoms with van der Waals surface area (Å²) >= 11 is 0. The molecule has 0 atom stereocenters. The van der Waals surface area contributed by atoms with E-state index in [-0.39, 0.29) is 17.3 Å². The van der Waals surface area contributed by atoms with Gasteiger partial charge >= 0.3 is 0 Å². The summed E-state index contributed by atoms with van der Waals surface area (Å²) in [6, 6.07) is 3.09. The van der Waals surface area contributed by atoms with E-state index in [2.05, 4.69) is 19.9 Å². The molecule has 0 saturated heterocycles. The van der Waals surface area contributed by atoms with Crippen molar-refractivity contribution in [3.05, 3.63) is 134 Å². The summed E-state index contributed by atoms with van der Waals surface area (Å²) in [7, 11) is 0. The predicted molar refractivity (Wildman–Crippen MR) is 175 cm³/mol. The molecule has 8 bridgehead atoms. The zero-order valence-electron chi connectivity index (χ0n) is 27.9. The van der Waals surface area contributed by atoms with Crippen LogP contribution in [0.25, 0.3) is 67.6 Å². The van der Waals surface area contributed by atoms with Gasteiger partial charge in [0.25, 0.3) is 0 Å². The first kappa shape index (κ1) is 38.2. The third kappa shape index (κ3) is 5.37. The van der Waals surface area contributed by atoms with Gasteiger partial charge in [-0.25, -0.2) is 70.8 Å². The molecule has 0 spiro atoms. The molecule has 0 saturated carbocycles. The van der Waals surface area contributed by atoms with Crippen molar-refractivity contribution in [3.8, 4) is 33.4 Å². The first-order chi connectivity index (χ1) is 27.5. The van der Waals surface area contributed by atoms with Crippen LogP contribution in [-0.4, -0.2) is 26.2 Å². The fourth-order valence-corrected chi connectivity index (χ4v) is 6.92. The van der Waals surface area contributed by atoms with Crippen LogP contribution >= 0.6 is 0 Å². The minimum Gasteiger partial charge on any atom is -0.361 e. The molecule has 0 amide bonds. The Labute approximate surface area is 311 Å². The first-order valence-corrected chi connectivity index (χ1v) is 16.2. The normalized spacial score (nSPS) is 12.6. The number of fused-ring (bicyclic) bond motifs is 9. The fraction of sp³-hybridized carbons (Fsp3) is 0.0526. The fourth-order valence-electron chi connectivity index (χ4n) is 6.92. The van der Waals surface area contributed by atoms with Gasteiger partial charge in [-0.15, -0.1) is 0 Å². The van der Waals surface area contributed by atoms with E-state index in [0.717, 1.165) is 30.4 Å². The van der Waals surface area contributed by atoms with Gasteiger partial charge in [-0.1, -0.05) is 0 Å². The molecular weight excluding hydrogens is 813 g/mol. The Hall–Kier alpha value is -6.73. The smallest absolute Gasteiger partial charge is 0.200 e. The third-order valence-corrected chi connectivity index (χ3v) is 9.53. The molecular formula is C38H13F15N4O. The minimum atomic E-state index is -2.61. The zero-order chi connectivity index (χ0) is 41.8. The number of carbonyl (C=O) groups excluding carboxylic acids is 1. The number of aromatic nitrogens is 4. The number of aryl methyl sites for hydroxylation is 2. The van der Waals surface area contributed by atoms with Gasteiger partial charge in [0, 0.05) is 39.2 Å². The van der Waals surface area contributed by atoms with Gasteiger partial charge in [0.2, 0.25) is 17.5 Å². The second-order valence-corrected chi connectivity index (χ2v) is 12.7. The lowest BCUT2D eigenvalue weighted by molar-refractivity contribution is 0.112. The molecule has 0 unspecified atom stereocenters. The molecule has 0 aliphatic carbocycles. The molecule has 2 aliphatic heterocycles. The highest BCUT2D eigenvalue weighted by atomic mass is 19.2. The Balaban J connectivity index is 1.67. The van der Waals surface area contributed by atoms with Crippen molar-refractivity contribution in [2.24, 2.45) is 0 Å². The van der Waals surface area contributed by atoms with Gasteiger partial charge < -0.3 is 15.0 Å². The Kier molecular flexibility index (Phi) is 8.85. The summed E-state index contributed by atoms with van der Waals surface area (Å²) in [5, 5.41) is 0. The molecule has 6 aromatic rings. The van der Waals surface area contributed by atoms with Crippen molar-refractivity contribution < 1.29 is 70.7 Å².